The SMILES string of the molecule is N#CC(C(=O)N/N=C/c1cc([N+](=O)[O-])ccc1O)=C1CCc2ccccc21. The number of hydrogen-bond donors (Lipinski definition) is 2. The normalized spacial score (nSPS) is 14.5. The average molecular weight is 362 g/mol. The fraction of sp³-hybridized carbons (Fsp3) is 0.105. The van der Waals surface area contributed by atoms with E-state index in [1.165, 1.54) is 6.07 Å². The third-order valence-corrected chi connectivity index (χ3v) is 4.22. The molecule has 0 radical (unpaired) electrons. The number of amides is 1. The van der Waals surface area contributed by atoms with Gasteiger partial charge in [-0.1, -0.05) is 24.3 Å². The van der Waals surface area contributed by atoms with Crippen molar-refractivity contribution in [2.75, 3.05) is 0 Å². The number of fused-ring (bicyclic) bond motifs is 1. The highest BCUT2D eigenvalue weighted by Crippen LogP contribution is 2.34. The molecule has 2 N–H and O–H groups in total. The smallest absolute Gasteiger partial charge is 0.282 e. The Hall–Kier alpha value is -3.99. The van der Waals surface area contributed by atoms with Gasteiger partial charge in [0, 0.05) is 17.7 Å². The highest BCUT2D eigenvalue weighted by molar-refractivity contribution is 6.06. The summed E-state index contributed by atoms with van der Waals surface area (Å²) in [7, 11) is 0. The minimum atomic E-state index is -0.676. The van der Waals surface area contributed by atoms with Crippen LogP contribution in [0.25, 0.3) is 5.57 Å². The molecule has 0 bridgehead atoms. The first-order chi connectivity index (χ1) is 13.0. The summed E-state index contributed by atoms with van der Waals surface area (Å²) in [6, 6.07) is 12.9. The zero-order chi connectivity index (χ0) is 19.4. The van der Waals surface area contributed by atoms with Crippen molar-refractivity contribution >= 4 is 23.4 Å². The summed E-state index contributed by atoms with van der Waals surface area (Å²) in [6.45, 7) is 0. The van der Waals surface area contributed by atoms with Crippen LogP contribution in [0.1, 0.15) is 23.1 Å². The summed E-state index contributed by atoms with van der Waals surface area (Å²) in [5.41, 5.74) is 4.69. The standard InChI is InChI=1S/C19H14N4O4/c20-10-17(16-7-5-12-3-1-2-4-15(12)16)19(25)22-21-11-13-9-14(23(26)27)6-8-18(13)24/h1-4,6,8-9,11,24H,5,7H2,(H,22,25)/b17-16?,21-11+. The van der Waals surface area contributed by atoms with Crippen molar-refractivity contribution in [1.82, 2.24) is 5.43 Å². The molecule has 1 amide bonds. The molecule has 0 aromatic heterocycles. The van der Waals surface area contributed by atoms with Gasteiger partial charge in [0.2, 0.25) is 0 Å². The monoisotopic (exact) mass is 362 g/mol. The van der Waals surface area contributed by atoms with Crippen LogP contribution in [0.5, 0.6) is 5.75 Å². The Kier molecular flexibility index (Phi) is 4.95. The van der Waals surface area contributed by atoms with Crippen LogP contribution in [0.2, 0.25) is 0 Å². The first-order valence-electron chi connectivity index (χ1n) is 8.03. The Labute approximate surface area is 154 Å². The summed E-state index contributed by atoms with van der Waals surface area (Å²) < 4.78 is 0. The molecule has 8 nitrogen and oxygen atoms in total. The number of nitrogens with one attached hydrogen (secondary N) is 1. The maximum absolute atomic E-state index is 12.3. The van der Waals surface area contributed by atoms with Crippen LogP contribution in [-0.2, 0) is 11.2 Å². The lowest BCUT2D eigenvalue weighted by molar-refractivity contribution is -0.384. The summed E-state index contributed by atoms with van der Waals surface area (Å²) in [4.78, 5) is 22.5. The van der Waals surface area contributed by atoms with Crippen LogP contribution in [0, 0.1) is 21.4 Å². The van der Waals surface area contributed by atoms with E-state index < -0.39 is 10.8 Å². The molecule has 1 aliphatic rings. The molecule has 0 spiro atoms. The lowest BCUT2D eigenvalue weighted by Crippen LogP contribution is -2.20. The molecule has 3 rings (SSSR count). The quantitative estimate of drug-likeness (QED) is 0.284. The number of carbonyl (C=O) groups is 1. The number of phenols is 1. The van der Waals surface area contributed by atoms with Crippen molar-refractivity contribution in [3.05, 3.63) is 74.8 Å². The van der Waals surface area contributed by atoms with Crippen LogP contribution in [0.15, 0.2) is 53.1 Å². The van der Waals surface area contributed by atoms with E-state index in [0.29, 0.717) is 12.0 Å². The van der Waals surface area contributed by atoms with E-state index in [0.717, 1.165) is 35.9 Å². The van der Waals surface area contributed by atoms with Gasteiger partial charge >= 0.3 is 0 Å². The lowest BCUT2D eigenvalue weighted by atomic mass is 10.0. The number of hydrogen-bond acceptors (Lipinski definition) is 6. The molecule has 0 unspecified atom stereocenters. The van der Waals surface area contributed by atoms with Crippen LogP contribution in [0.3, 0.4) is 0 Å². The van der Waals surface area contributed by atoms with Crippen LogP contribution in [-0.4, -0.2) is 22.2 Å². The molecule has 1 aliphatic carbocycles. The average Bonchev–Trinajstić information content (AvgIpc) is 3.08. The molecular weight excluding hydrogens is 348 g/mol. The minimum absolute atomic E-state index is 0.0274. The number of nitro benzene ring substituents is 1. The number of non-ortho nitro benzene ring substituents is 1. The number of phenolic OH excluding ortho intramolecular Hbond substituents is 1. The zero-order valence-corrected chi connectivity index (χ0v) is 14.0. The molecule has 2 aromatic rings. The number of carbonyl (C=O) groups excluding carboxylic acids is 1. The number of nitriles is 1. The highest BCUT2D eigenvalue weighted by Gasteiger charge is 2.23. The second-order valence-corrected chi connectivity index (χ2v) is 5.82. The third-order valence-electron chi connectivity index (χ3n) is 4.22. The second-order valence-electron chi connectivity index (χ2n) is 5.82. The van der Waals surface area contributed by atoms with E-state index >= 15 is 0 Å². The predicted molar refractivity (Wildman–Crippen MR) is 97.8 cm³/mol. The van der Waals surface area contributed by atoms with E-state index in [-0.39, 0.29) is 22.6 Å². The minimum Gasteiger partial charge on any atom is -0.507 e. The van der Waals surface area contributed by atoms with Crippen LogP contribution >= 0.6 is 0 Å². The van der Waals surface area contributed by atoms with Gasteiger partial charge in [0.05, 0.1) is 11.1 Å². The molecule has 0 saturated carbocycles. The van der Waals surface area contributed by atoms with Crippen molar-refractivity contribution in [3.8, 4) is 11.8 Å². The van der Waals surface area contributed by atoms with Crippen molar-refractivity contribution in [2.45, 2.75) is 12.8 Å². The molecule has 8 heteroatoms. The van der Waals surface area contributed by atoms with Gasteiger partial charge in [0.25, 0.3) is 11.6 Å². The number of rotatable bonds is 4. The summed E-state index contributed by atoms with van der Waals surface area (Å²) in [5.74, 6) is -0.896. The molecule has 2 aromatic carbocycles. The zero-order valence-electron chi connectivity index (χ0n) is 14.0. The molecule has 27 heavy (non-hydrogen) atoms. The predicted octanol–water partition coefficient (Wildman–Crippen LogP) is 2.67. The Balaban J connectivity index is 1.81. The van der Waals surface area contributed by atoms with Gasteiger partial charge in [-0.25, -0.2) is 5.43 Å². The van der Waals surface area contributed by atoms with Crippen molar-refractivity contribution < 1.29 is 14.8 Å². The molecule has 0 aliphatic heterocycles. The van der Waals surface area contributed by atoms with Crippen molar-refractivity contribution in [2.24, 2.45) is 5.10 Å². The lowest BCUT2D eigenvalue weighted by Gasteiger charge is -2.04. The van der Waals surface area contributed by atoms with E-state index in [9.17, 15) is 25.3 Å². The van der Waals surface area contributed by atoms with Crippen LogP contribution < -0.4 is 5.43 Å². The third kappa shape index (κ3) is 3.67. The van der Waals surface area contributed by atoms with Gasteiger partial charge < -0.3 is 5.11 Å². The number of nitrogens with zero attached hydrogens (tertiary/aromatic N) is 3. The number of hydrazone groups is 1. The maximum atomic E-state index is 12.3. The Morgan fingerprint density at radius 1 is 1.30 bits per heavy atom. The topological polar surface area (TPSA) is 129 Å². The number of nitro groups is 1. The molecule has 0 atom stereocenters. The summed E-state index contributed by atoms with van der Waals surface area (Å²) >= 11 is 0. The number of allylic oxidation sites excluding steroid dienone is 1. The fourth-order valence-electron chi connectivity index (χ4n) is 2.92. The Bertz CT molecular complexity index is 1030. The first kappa shape index (κ1) is 17.8. The molecule has 0 heterocycles. The first-order valence-corrected chi connectivity index (χ1v) is 8.03. The van der Waals surface area contributed by atoms with Crippen molar-refractivity contribution in [3.63, 3.8) is 0 Å². The van der Waals surface area contributed by atoms with E-state index in [2.05, 4.69) is 10.5 Å². The van der Waals surface area contributed by atoms with E-state index in [4.69, 9.17) is 0 Å². The Morgan fingerprint density at radius 3 is 2.81 bits per heavy atom. The van der Waals surface area contributed by atoms with Gasteiger partial charge in [-0.05, 0) is 35.6 Å². The summed E-state index contributed by atoms with van der Waals surface area (Å²) in [6.07, 6.45) is 2.43. The fourth-order valence-corrected chi connectivity index (χ4v) is 2.92. The molecule has 134 valence electrons. The largest absolute Gasteiger partial charge is 0.507 e. The molecular formula is C19H14N4O4. The molecule has 0 fully saturated rings. The van der Waals surface area contributed by atoms with Crippen molar-refractivity contribution in [1.29, 1.82) is 5.26 Å². The Morgan fingerprint density at radius 2 is 2.07 bits per heavy atom. The maximum Gasteiger partial charge on any atom is 0.282 e. The highest BCUT2D eigenvalue weighted by atomic mass is 16.6. The summed E-state index contributed by atoms with van der Waals surface area (Å²) in [5, 5.41) is 33.6. The molecule has 0 saturated heterocycles. The second kappa shape index (κ2) is 7.49. The van der Waals surface area contributed by atoms with Gasteiger partial charge in [-0.2, -0.15) is 10.4 Å². The van der Waals surface area contributed by atoms with Gasteiger partial charge in [-0.15, -0.1) is 0 Å². The van der Waals surface area contributed by atoms with Gasteiger partial charge in [-0.3, -0.25) is 14.9 Å². The van der Waals surface area contributed by atoms with E-state index in [1.807, 2.05) is 30.3 Å². The number of aromatic hydroxyl groups is 1. The van der Waals surface area contributed by atoms with E-state index in [1.54, 1.807) is 0 Å². The number of aryl methyl sites for hydroxylation is 1. The number of benzene rings is 2. The van der Waals surface area contributed by atoms with Crippen LogP contribution in [0.4, 0.5) is 5.69 Å². The van der Waals surface area contributed by atoms with Gasteiger partial charge in [0.15, 0.2) is 0 Å². The van der Waals surface area contributed by atoms with Gasteiger partial charge in [0.1, 0.15) is 17.4 Å².